The molecule has 4 aromatic carbocycles. The third-order valence-corrected chi connectivity index (χ3v) is 7.31. The van der Waals surface area contributed by atoms with E-state index in [1.807, 2.05) is 30.3 Å². The largest absolute Gasteiger partial charge is 0.493 e. The fourth-order valence-electron chi connectivity index (χ4n) is 5.01. The van der Waals surface area contributed by atoms with Crippen molar-refractivity contribution >= 4 is 21.8 Å². The molecular formula is C34H39N3O2. The molecule has 0 aliphatic rings. The van der Waals surface area contributed by atoms with E-state index in [1.54, 1.807) is 0 Å². The monoisotopic (exact) mass is 521 g/mol. The van der Waals surface area contributed by atoms with Gasteiger partial charge >= 0.3 is 0 Å². The van der Waals surface area contributed by atoms with Crippen molar-refractivity contribution in [3.05, 3.63) is 84.9 Å². The Hall–Kier alpha value is -3.83. The van der Waals surface area contributed by atoms with Crippen LogP contribution < -0.4 is 9.47 Å². The van der Waals surface area contributed by atoms with Gasteiger partial charge < -0.3 is 18.9 Å². The SMILES string of the molecule is CCCCn1c(-c2ccc(Oc3ccc4ccccc4c3)cc2)nc2ccc(OCCCN(CC)CC)cc21. The molecular weight excluding hydrogens is 482 g/mol. The zero-order valence-corrected chi connectivity index (χ0v) is 23.4. The Labute approximate surface area is 232 Å². The highest BCUT2D eigenvalue weighted by Gasteiger charge is 2.14. The van der Waals surface area contributed by atoms with Crippen LogP contribution in [0.1, 0.15) is 40.0 Å². The third kappa shape index (κ3) is 6.43. The van der Waals surface area contributed by atoms with Gasteiger partial charge in [0.1, 0.15) is 23.1 Å². The molecule has 39 heavy (non-hydrogen) atoms. The van der Waals surface area contributed by atoms with Crippen molar-refractivity contribution in [2.24, 2.45) is 0 Å². The minimum Gasteiger partial charge on any atom is -0.493 e. The second kappa shape index (κ2) is 12.8. The van der Waals surface area contributed by atoms with Gasteiger partial charge in [-0.05, 0) is 85.2 Å². The van der Waals surface area contributed by atoms with Crippen LogP contribution in [0.25, 0.3) is 33.2 Å². The van der Waals surface area contributed by atoms with Crippen LogP contribution in [-0.4, -0.2) is 40.7 Å². The summed E-state index contributed by atoms with van der Waals surface area (Å²) < 4.78 is 14.7. The average Bonchev–Trinajstić information content (AvgIpc) is 3.34. The first-order valence-electron chi connectivity index (χ1n) is 14.3. The predicted octanol–water partition coefficient (Wildman–Crippen LogP) is 8.56. The molecule has 0 atom stereocenters. The first-order chi connectivity index (χ1) is 19.2. The summed E-state index contributed by atoms with van der Waals surface area (Å²) in [5, 5.41) is 2.38. The van der Waals surface area contributed by atoms with Gasteiger partial charge in [0.2, 0.25) is 0 Å². The van der Waals surface area contributed by atoms with Gasteiger partial charge in [0.05, 0.1) is 17.6 Å². The van der Waals surface area contributed by atoms with E-state index in [4.69, 9.17) is 14.5 Å². The highest BCUT2D eigenvalue weighted by molar-refractivity contribution is 5.84. The van der Waals surface area contributed by atoms with Gasteiger partial charge in [0.15, 0.2) is 0 Å². The molecule has 202 valence electrons. The van der Waals surface area contributed by atoms with Crippen molar-refractivity contribution in [1.29, 1.82) is 0 Å². The van der Waals surface area contributed by atoms with Crippen LogP contribution >= 0.6 is 0 Å². The molecule has 0 aliphatic carbocycles. The summed E-state index contributed by atoms with van der Waals surface area (Å²) in [6, 6.07) is 29.0. The van der Waals surface area contributed by atoms with E-state index in [2.05, 4.69) is 84.8 Å². The van der Waals surface area contributed by atoms with E-state index in [-0.39, 0.29) is 0 Å². The summed E-state index contributed by atoms with van der Waals surface area (Å²) in [7, 11) is 0. The smallest absolute Gasteiger partial charge is 0.141 e. The van der Waals surface area contributed by atoms with Crippen molar-refractivity contribution in [3.63, 3.8) is 0 Å². The first-order valence-corrected chi connectivity index (χ1v) is 14.3. The molecule has 1 heterocycles. The van der Waals surface area contributed by atoms with Gasteiger partial charge in [-0.3, -0.25) is 0 Å². The highest BCUT2D eigenvalue weighted by atomic mass is 16.5. The van der Waals surface area contributed by atoms with E-state index in [9.17, 15) is 0 Å². The number of imidazole rings is 1. The van der Waals surface area contributed by atoms with Gasteiger partial charge in [-0.25, -0.2) is 4.98 Å². The Morgan fingerprint density at radius 2 is 1.49 bits per heavy atom. The van der Waals surface area contributed by atoms with Crippen LogP contribution in [0.15, 0.2) is 84.9 Å². The fraction of sp³-hybridized carbons (Fsp3) is 0.324. The van der Waals surface area contributed by atoms with Crippen molar-refractivity contribution in [2.45, 2.75) is 46.6 Å². The molecule has 0 bridgehead atoms. The fourth-order valence-corrected chi connectivity index (χ4v) is 5.01. The second-order valence-electron chi connectivity index (χ2n) is 9.96. The molecule has 1 aromatic heterocycles. The topological polar surface area (TPSA) is 39.5 Å². The number of aromatic nitrogens is 2. The predicted molar refractivity (Wildman–Crippen MR) is 162 cm³/mol. The first kappa shape index (κ1) is 26.8. The van der Waals surface area contributed by atoms with Crippen molar-refractivity contribution < 1.29 is 9.47 Å². The van der Waals surface area contributed by atoms with Gasteiger partial charge in [-0.1, -0.05) is 57.5 Å². The summed E-state index contributed by atoms with van der Waals surface area (Å²) in [5.41, 5.74) is 3.19. The Kier molecular flexibility index (Phi) is 8.79. The number of ether oxygens (including phenoxy) is 2. The van der Waals surface area contributed by atoms with Crippen LogP contribution in [0.2, 0.25) is 0 Å². The van der Waals surface area contributed by atoms with Gasteiger partial charge in [0, 0.05) is 24.7 Å². The number of benzene rings is 4. The van der Waals surface area contributed by atoms with E-state index in [1.165, 1.54) is 10.8 Å². The second-order valence-corrected chi connectivity index (χ2v) is 9.96. The molecule has 0 aliphatic heterocycles. The van der Waals surface area contributed by atoms with E-state index in [0.29, 0.717) is 0 Å². The van der Waals surface area contributed by atoms with Crippen molar-refractivity contribution in [2.75, 3.05) is 26.2 Å². The minimum atomic E-state index is 0.719. The van der Waals surface area contributed by atoms with Gasteiger partial charge in [-0.15, -0.1) is 0 Å². The van der Waals surface area contributed by atoms with Gasteiger partial charge in [-0.2, -0.15) is 0 Å². The summed E-state index contributed by atoms with van der Waals surface area (Å²) in [5.74, 6) is 3.53. The molecule has 0 unspecified atom stereocenters. The molecule has 0 spiro atoms. The van der Waals surface area contributed by atoms with Crippen molar-refractivity contribution in [1.82, 2.24) is 14.5 Å². The third-order valence-electron chi connectivity index (χ3n) is 7.31. The quantitative estimate of drug-likeness (QED) is 0.146. The summed E-state index contributed by atoms with van der Waals surface area (Å²) >= 11 is 0. The van der Waals surface area contributed by atoms with Crippen LogP contribution in [-0.2, 0) is 6.54 Å². The number of aryl methyl sites for hydroxylation is 1. The standard InChI is InChI=1S/C34H39N3O2/c1-4-7-22-37-33-25-30(38-23-10-21-36(5-2)6-3)19-20-32(33)35-34(37)27-14-16-29(17-15-27)39-31-18-13-26-11-8-9-12-28(26)24-31/h8-9,11-20,24-25H,4-7,10,21-23H2,1-3H3. The average molecular weight is 522 g/mol. The van der Waals surface area contributed by atoms with Crippen LogP contribution in [0, 0.1) is 0 Å². The number of hydrogen-bond donors (Lipinski definition) is 0. The molecule has 5 nitrogen and oxygen atoms in total. The Morgan fingerprint density at radius 1 is 0.744 bits per heavy atom. The van der Waals surface area contributed by atoms with Crippen LogP contribution in [0.5, 0.6) is 17.2 Å². The molecule has 0 saturated carbocycles. The van der Waals surface area contributed by atoms with E-state index < -0.39 is 0 Å². The molecule has 5 rings (SSSR count). The van der Waals surface area contributed by atoms with Gasteiger partial charge in [0.25, 0.3) is 0 Å². The Bertz CT molecular complexity index is 1500. The zero-order chi connectivity index (χ0) is 27.0. The molecule has 0 saturated heterocycles. The molecule has 0 radical (unpaired) electrons. The maximum absolute atomic E-state index is 6.18. The zero-order valence-electron chi connectivity index (χ0n) is 23.4. The van der Waals surface area contributed by atoms with Crippen LogP contribution in [0.3, 0.4) is 0 Å². The Balaban J connectivity index is 1.34. The molecule has 0 N–H and O–H groups in total. The summed E-state index contributed by atoms with van der Waals surface area (Å²) in [6.07, 6.45) is 3.24. The lowest BCUT2D eigenvalue weighted by molar-refractivity contribution is 0.249. The van der Waals surface area contributed by atoms with Crippen molar-refractivity contribution in [3.8, 4) is 28.6 Å². The Morgan fingerprint density at radius 3 is 2.26 bits per heavy atom. The highest BCUT2D eigenvalue weighted by Crippen LogP contribution is 2.31. The lowest BCUT2D eigenvalue weighted by Gasteiger charge is -2.17. The molecule has 0 fully saturated rings. The maximum Gasteiger partial charge on any atom is 0.141 e. The maximum atomic E-state index is 6.18. The molecule has 5 heteroatoms. The lowest BCUT2D eigenvalue weighted by atomic mass is 10.1. The lowest BCUT2D eigenvalue weighted by Crippen LogP contribution is -2.25. The minimum absolute atomic E-state index is 0.719. The van der Waals surface area contributed by atoms with E-state index in [0.717, 1.165) is 91.7 Å². The van der Waals surface area contributed by atoms with E-state index >= 15 is 0 Å². The number of nitrogens with zero attached hydrogens (tertiary/aromatic N) is 3. The summed E-state index contributed by atoms with van der Waals surface area (Å²) in [4.78, 5) is 7.45. The number of rotatable bonds is 13. The molecule has 0 amide bonds. The molecule has 5 aromatic rings. The normalized spacial score (nSPS) is 11.5. The number of hydrogen-bond acceptors (Lipinski definition) is 4. The number of fused-ring (bicyclic) bond motifs is 2. The number of unbranched alkanes of at least 4 members (excludes halogenated alkanes) is 1. The summed E-state index contributed by atoms with van der Waals surface area (Å²) in [6.45, 7) is 11.5. The van der Waals surface area contributed by atoms with Crippen LogP contribution in [0.4, 0.5) is 0 Å².